The van der Waals surface area contributed by atoms with Crippen molar-refractivity contribution in [2.75, 3.05) is 14.2 Å². The largest absolute Gasteiger partial charge is 0.496 e. The molecule has 7 rings (SSSR count). The molecule has 1 fully saturated rings. The van der Waals surface area contributed by atoms with E-state index in [1.165, 1.54) is 18.3 Å². The van der Waals surface area contributed by atoms with E-state index in [0.29, 0.717) is 18.1 Å². The highest BCUT2D eigenvalue weighted by Crippen LogP contribution is 2.37. The first-order chi connectivity index (χ1) is 31.2. The number of aryl methyl sites for hydroxylation is 2. The van der Waals surface area contributed by atoms with Crippen LogP contribution < -0.4 is 14.9 Å². The first-order valence-corrected chi connectivity index (χ1v) is 19.7. The average Bonchev–Trinajstić information content (AvgIpc) is 3.91. The number of hydrogen-bond donors (Lipinski definition) is 0. The number of methoxy groups -OCH3 is 2. The summed E-state index contributed by atoms with van der Waals surface area (Å²) >= 11 is 5.74. The summed E-state index contributed by atoms with van der Waals surface area (Å²) in [5.74, 6) is -5.35. The Morgan fingerprint density at radius 1 is 0.629 bits per heavy atom. The molecule has 0 unspecified atom stereocenters. The molecule has 386 valence electrons. The molecule has 6 aromatic heterocycles. The van der Waals surface area contributed by atoms with E-state index in [0.717, 1.165) is 48.5 Å². The van der Waals surface area contributed by atoms with Crippen LogP contribution in [0.5, 0.6) is 11.8 Å². The maximum atomic E-state index is 14.2. The van der Waals surface area contributed by atoms with E-state index < -0.39 is 90.1 Å². The average molecular weight is 1040 g/mol. The minimum Gasteiger partial charge on any atom is -0.463 e. The minimum absolute atomic E-state index is 0. The zero-order valence-corrected chi connectivity index (χ0v) is 37.8. The number of nitrogens with zero attached hydrogens (tertiary/aromatic N) is 10. The summed E-state index contributed by atoms with van der Waals surface area (Å²) < 4.78 is 188. The van der Waals surface area contributed by atoms with Gasteiger partial charge in [0.1, 0.15) is 0 Å². The van der Waals surface area contributed by atoms with Gasteiger partial charge >= 0.3 is 31.7 Å². The molecule has 16 nitrogen and oxygen atoms in total. The Bertz CT molecular complexity index is 2750. The van der Waals surface area contributed by atoms with Gasteiger partial charge in [-0.1, -0.05) is 26.5 Å². The summed E-state index contributed by atoms with van der Waals surface area (Å²) in [6, 6.07) is 4.73. The monoisotopic (exact) mass is 1040 g/mol. The van der Waals surface area contributed by atoms with Gasteiger partial charge in [-0.05, 0) is 90.8 Å². The van der Waals surface area contributed by atoms with Crippen LogP contribution in [0.2, 0.25) is 5.15 Å². The molecular formula is C40H46BClF12N10O6. The SMILES string of the molecule is C.C.COC(F)(F)c1nnc2cc(C)c(-c3cnc(O[C@H](C)C(F)(F)F)c(F)c3)nn12.COC(F)(F)c1nnc2cc(C)c(Cl)nn12.C[C@@H](Oc1ncc(B2OC(C)(C)C(C)(C)O2)cc1F)C(F)(F)F. The number of alkyl halides is 10. The summed E-state index contributed by atoms with van der Waals surface area (Å²) in [5.41, 5.74) is 0.320. The quantitative estimate of drug-likeness (QED) is 0.0940. The third kappa shape index (κ3) is 12.8. The van der Waals surface area contributed by atoms with Gasteiger partial charge in [0.05, 0.1) is 16.9 Å². The summed E-state index contributed by atoms with van der Waals surface area (Å²) in [4.78, 5) is 7.17. The molecule has 0 radical (unpaired) electrons. The van der Waals surface area contributed by atoms with Crippen LogP contribution in [0.1, 0.15) is 79.2 Å². The van der Waals surface area contributed by atoms with Crippen LogP contribution in [0.15, 0.2) is 36.7 Å². The molecule has 1 aliphatic rings. The molecule has 2 atom stereocenters. The molecule has 1 aliphatic heterocycles. The highest BCUT2D eigenvalue weighted by Gasteiger charge is 2.52. The number of fused-ring (bicyclic) bond motifs is 2. The third-order valence-electron chi connectivity index (χ3n) is 10.1. The maximum absolute atomic E-state index is 14.2. The van der Waals surface area contributed by atoms with E-state index in [1.54, 1.807) is 13.8 Å². The fourth-order valence-electron chi connectivity index (χ4n) is 5.40. The zero-order chi connectivity index (χ0) is 51.1. The summed E-state index contributed by atoms with van der Waals surface area (Å²) in [5, 5.41) is 21.7. The van der Waals surface area contributed by atoms with Gasteiger partial charge in [-0.3, -0.25) is 0 Å². The first-order valence-electron chi connectivity index (χ1n) is 19.3. The molecule has 1 saturated heterocycles. The Labute approximate surface area is 397 Å². The number of aromatic nitrogens is 10. The van der Waals surface area contributed by atoms with Crippen molar-refractivity contribution in [2.24, 2.45) is 0 Å². The second-order valence-electron chi connectivity index (χ2n) is 15.6. The maximum Gasteiger partial charge on any atom is 0.496 e. The number of ether oxygens (including phenoxy) is 4. The van der Waals surface area contributed by atoms with Crippen LogP contribution >= 0.6 is 11.6 Å². The van der Waals surface area contributed by atoms with Crippen molar-refractivity contribution in [3.8, 4) is 23.0 Å². The second kappa shape index (κ2) is 21.4. The molecule has 0 amide bonds. The predicted octanol–water partition coefficient (Wildman–Crippen LogP) is 9.56. The van der Waals surface area contributed by atoms with E-state index >= 15 is 0 Å². The number of halogens is 13. The molecular weight excluding hydrogens is 991 g/mol. The summed E-state index contributed by atoms with van der Waals surface area (Å²) in [6.45, 7) is 12.1. The molecule has 0 aliphatic carbocycles. The van der Waals surface area contributed by atoms with Gasteiger partial charge in [0, 0.05) is 37.6 Å². The fourth-order valence-corrected chi connectivity index (χ4v) is 5.53. The van der Waals surface area contributed by atoms with E-state index in [-0.39, 0.29) is 48.0 Å². The Hall–Kier alpha value is -5.65. The smallest absolute Gasteiger partial charge is 0.463 e. The third-order valence-corrected chi connectivity index (χ3v) is 10.4. The molecule has 0 aromatic carbocycles. The Kier molecular flexibility index (Phi) is 17.9. The molecule has 7 heterocycles. The highest BCUT2D eigenvalue weighted by atomic mass is 35.5. The van der Waals surface area contributed by atoms with Gasteiger partial charge in [-0.15, -0.1) is 20.4 Å². The standard InChI is InChI=1S/C16H13F6N5O2.C14H18BF4NO3.C8H7ClF2N4O.2CH4/c1-7-4-11-24-25-14(16(21,22)28-3)27(11)26-12(7)9-5-10(17)13(23-6-9)29-8(2)15(18,19)20;1-8(14(17,18)19)21-11-10(16)6-9(7-20-11)15-22-12(2,3)13(4,5)23-15;1-4-3-5-12-13-7(8(10,11)16-2)15(5)14-6(4)9;;/h4-6,8H,1-3H3;6-8H,1-5H3;3H,1-2H3;2*1H4/t2*8-;;;/m11.../s1. The van der Waals surface area contributed by atoms with E-state index in [4.69, 9.17) is 20.9 Å². The zero-order valence-electron chi connectivity index (χ0n) is 37.0. The lowest BCUT2D eigenvalue weighted by molar-refractivity contribution is -0.238. The van der Waals surface area contributed by atoms with Gasteiger partial charge < -0.3 is 28.3 Å². The summed E-state index contributed by atoms with van der Waals surface area (Å²) in [7, 11) is 0.795. The van der Waals surface area contributed by atoms with Crippen molar-refractivity contribution in [2.45, 2.75) is 118 Å². The molecule has 0 spiro atoms. The minimum atomic E-state index is -4.70. The molecule has 0 bridgehead atoms. The van der Waals surface area contributed by atoms with E-state index in [2.05, 4.69) is 59.5 Å². The fraction of sp³-hybridized carbons (Fsp3) is 0.500. The van der Waals surface area contributed by atoms with Crippen LogP contribution in [-0.4, -0.2) is 107 Å². The Morgan fingerprint density at radius 2 is 1.04 bits per heavy atom. The Balaban J connectivity index is 0.000000285. The lowest BCUT2D eigenvalue weighted by Gasteiger charge is -2.32. The van der Waals surface area contributed by atoms with Crippen LogP contribution in [0.4, 0.5) is 52.7 Å². The second-order valence-corrected chi connectivity index (χ2v) is 15.9. The Morgan fingerprint density at radius 3 is 1.46 bits per heavy atom. The van der Waals surface area contributed by atoms with Crippen LogP contribution in [-0.2, 0) is 31.0 Å². The van der Waals surface area contributed by atoms with Crippen molar-refractivity contribution in [3.05, 3.63) is 76.2 Å². The van der Waals surface area contributed by atoms with Gasteiger partial charge in [-0.2, -0.15) is 63.1 Å². The number of pyridine rings is 2. The van der Waals surface area contributed by atoms with Crippen LogP contribution in [0.3, 0.4) is 0 Å². The first kappa shape index (κ1) is 58.7. The van der Waals surface area contributed by atoms with Crippen LogP contribution in [0, 0.1) is 25.5 Å². The highest BCUT2D eigenvalue weighted by molar-refractivity contribution is 6.62. The molecule has 0 N–H and O–H groups in total. The van der Waals surface area contributed by atoms with Crippen molar-refractivity contribution >= 4 is 35.5 Å². The van der Waals surface area contributed by atoms with E-state index in [1.807, 2.05) is 27.7 Å². The van der Waals surface area contributed by atoms with Gasteiger partial charge in [0.25, 0.3) is 23.4 Å². The molecule has 30 heteroatoms. The van der Waals surface area contributed by atoms with Crippen molar-refractivity contribution in [1.82, 2.24) is 49.6 Å². The predicted molar refractivity (Wildman–Crippen MR) is 227 cm³/mol. The van der Waals surface area contributed by atoms with Crippen molar-refractivity contribution in [1.29, 1.82) is 0 Å². The topological polar surface area (TPSA) is 167 Å². The number of rotatable bonds is 10. The summed E-state index contributed by atoms with van der Waals surface area (Å²) in [6.07, 6.45) is -18.9. The van der Waals surface area contributed by atoms with Gasteiger partial charge in [0.15, 0.2) is 40.3 Å². The molecule has 6 aromatic rings. The molecule has 70 heavy (non-hydrogen) atoms. The van der Waals surface area contributed by atoms with Gasteiger partial charge in [0.2, 0.25) is 0 Å². The molecule has 0 saturated carbocycles. The lowest BCUT2D eigenvalue weighted by atomic mass is 9.80. The normalized spacial score (nSPS) is 15.5. The van der Waals surface area contributed by atoms with E-state index in [9.17, 15) is 52.7 Å². The van der Waals surface area contributed by atoms with Crippen LogP contribution in [0.25, 0.3) is 22.6 Å². The van der Waals surface area contributed by atoms with Crippen molar-refractivity contribution in [3.63, 3.8) is 0 Å². The lowest BCUT2D eigenvalue weighted by Crippen LogP contribution is -2.41. The number of hydrogen-bond acceptors (Lipinski definition) is 14. The van der Waals surface area contributed by atoms with Crippen molar-refractivity contribution < 1.29 is 80.9 Å². The van der Waals surface area contributed by atoms with Gasteiger partial charge in [-0.25, -0.2) is 18.7 Å².